The van der Waals surface area contributed by atoms with E-state index in [0.717, 1.165) is 34.4 Å². The van der Waals surface area contributed by atoms with Crippen molar-refractivity contribution in [1.82, 2.24) is 9.88 Å². The van der Waals surface area contributed by atoms with E-state index in [9.17, 15) is 0 Å². The van der Waals surface area contributed by atoms with Crippen molar-refractivity contribution in [2.75, 3.05) is 32.6 Å². The number of pyridine rings is 1. The van der Waals surface area contributed by atoms with Gasteiger partial charge in [-0.1, -0.05) is 0 Å². The van der Waals surface area contributed by atoms with Crippen LogP contribution in [0, 0.1) is 5.92 Å². The number of methoxy groups -OCH3 is 2. The largest absolute Gasteiger partial charge is 0.497 e. The number of aromatic nitrogens is 1. The molecule has 5 heteroatoms. The monoisotopic (exact) mass is 353 g/mol. The van der Waals surface area contributed by atoms with Gasteiger partial charge in [-0.15, -0.1) is 0 Å². The van der Waals surface area contributed by atoms with E-state index in [4.69, 9.17) is 9.47 Å². The standard InChI is InChI=1S/C21H27N3O2/c1-14-21(15-8-10-24(14)11-9-15)23-20-7-4-16(13-22-20)18-12-17(25-2)5-6-19(18)26-3/h4-7,12-15,21H,8-11H2,1-3H3,(H,22,23). The second-order valence-corrected chi connectivity index (χ2v) is 7.28. The number of nitrogens with zero attached hydrogens (tertiary/aromatic N) is 2. The second kappa shape index (κ2) is 7.16. The van der Waals surface area contributed by atoms with E-state index in [1.807, 2.05) is 24.4 Å². The van der Waals surface area contributed by atoms with Gasteiger partial charge in [0, 0.05) is 29.4 Å². The van der Waals surface area contributed by atoms with Crippen molar-refractivity contribution < 1.29 is 9.47 Å². The predicted octanol–water partition coefficient (Wildman–Crippen LogP) is 3.66. The van der Waals surface area contributed by atoms with E-state index in [1.165, 1.54) is 25.9 Å². The van der Waals surface area contributed by atoms with Gasteiger partial charge in [-0.3, -0.25) is 4.90 Å². The van der Waals surface area contributed by atoms with Crippen LogP contribution in [0.1, 0.15) is 19.8 Å². The molecule has 2 aromatic rings. The summed E-state index contributed by atoms with van der Waals surface area (Å²) in [6, 6.07) is 11.0. The predicted molar refractivity (Wildman–Crippen MR) is 104 cm³/mol. The van der Waals surface area contributed by atoms with Crippen molar-refractivity contribution in [3.05, 3.63) is 36.5 Å². The van der Waals surface area contributed by atoms with Gasteiger partial charge in [0.15, 0.2) is 0 Å². The molecule has 3 aliphatic heterocycles. The molecule has 0 amide bonds. The van der Waals surface area contributed by atoms with Crippen molar-refractivity contribution in [2.24, 2.45) is 5.92 Å². The number of hydrogen-bond donors (Lipinski definition) is 1. The maximum atomic E-state index is 5.49. The number of rotatable bonds is 5. The fraction of sp³-hybridized carbons (Fsp3) is 0.476. The quantitative estimate of drug-likeness (QED) is 0.889. The summed E-state index contributed by atoms with van der Waals surface area (Å²) in [5.74, 6) is 3.33. The Bertz CT molecular complexity index is 752. The Kier molecular flexibility index (Phi) is 4.72. The van der Waals surface area contributed by atoms with Crippen LogP contribution in [-0.2, 0) is 0 Å². The first-order chi connectivity index (χ1) is 12.7. The van der Waals surface area contributed by atoms with Crippen LogP contribution < -0.4 is 14.8 Å². The fourth-order valence-corrected chi connectivity index (χ4v) is 4.39. The third-order valence-electron chi connectivity index (χ3n) is 5.97. The normalized spacial score (nSPS) is 27.2. The van der Waals surface area contributed by atoms with Gasteiger partial charge in [0.05, 0.1) is 14.2 Å². The molecule has 2 bridgehead atoms. The van der Waals surface area contributed by atoms with Crippen LogP contribution in [0.25, 0.3) is 11.1 Å². The van der Waals surface area contributed by atoms with Gasteiger partial charge in [-0.25, -0.2) is 4.98 Å². The highest BCUT2D eigenvalue weighted by Gasteiger charge is 2.39. The number of ether oxygens (including phenoxy) is 2. The first-order valence-corrected chi connectivity index (χ1v) is 9.38. The van der Waals surface area contributed by atoms with Crippen LogP contribution in [0.15, 0.2) is 36.5 Å². The molecule has 138 valence electrons. The number of fused-ring (bicyclic) bond motifs is 3. The van der Waals surface area contributed by atoms with Gasteiger partial charge in [-0.05, 0) is 69.1 Å². The van der Waals surface area contributed by atoms with E-state index in [1.54, 1.807) is 14.2 Å². The molecule has 2 unspecified atom stereocenters. The molecule has 5 rings (SSSR count). The third-order valence-corrected chi connectivity index (χ3v) is 5.97. The Morgan fingerprint density at radius 3 is 2.50 bits per heavy atom. The van der Waals surface area contributed by atoms with Gasteiger partial charge in [0.25, 0.3) is 0 Å². The van der Waals surface area contributed by atoms with Gasteiger partial charge < -0.3 is 14.8 Å². The lowest BCUT2D eigenvalue weighted by Crippen LogP contribution is -2.59. The van der Waals surface area contributed by atoms with Gasteiger partial charge >= 0.3 is 0 Å². The minimum absolute atomic E-state index is 0.488. The Balaban J connectivity index is 1.54. The average molecular weight is 353 g/mol. The molecule has 1 N–H and O–H groups in total. The number of benzene rings is 1. The average Bonchev–Trinajstić information content (AvgIpc) is 2.71. The van der Waals surface area contributed by atoms with E-state index < -0.39 is 0 Å². The van der Waals surface area contributed by atoms with Crippen LogP contribution in [0.5, 0.6) is 11.5 Å². The summed E-state index contributed by atoms with van der Waals surface area (Å²) in [5.41, 5.74) is 2.01. The highest BCUT2D eigenvalue weighted by molar-refractivity contribution is 5.72. The van der Waals surface area contributed by atoms with Crippen molar-refractivity contribution in [3.63, 3.8) is 0 Å². The highest BCUT2D eigenvalue weighted by Crippen LogP contribution is 2.35. The Hall–Kier alpha value is -2.27. The van der Waals surface area contributed by atoms with Crippen molar-refractivity contribution in [3.8, 4) is 22.6 Å². The molecule has 3 fully saturated rings. The molecule has 4 heterocycles. The van der Waals surface area contributed by atoms with Crippen molar-refractivity contribution in [2.45, 2.75) is 31.8 Å². The number of piperidine rings is 3. The van der Waals surface area contributed by atoms with E-state index in [2.05, 4.69) is 34.3 Å². The summed E-state index contributed by atoms with van der Waals surface area (Å²) in [6.07, 6.45) is 4.49. The van der Waals surface area contributed by atoms with Gasteiger partial charge in [0.1, 0.15) is 17.3 Å². The maximum absolute atomic E-state index is 5.49. The zero-order valence-corrected chi connectivity index (χ0v) is 15.7. The Labute approximate surface area is 155 Å². The van der Waals surface area contributed by atoms with E-state index in [-0.39, 0.29) is 0 Å². The molecule has 2 atom stereocenters. The van der Waals surface area contributed by atoms with Crippen LogP contribution in [0.3, 0.4) is 0 Å². The first kappa shape index (κ1) is 17.2. The topological polar surface area (TPSA) is 46.6 Å². The fourth-order valence-electron chi connectivity index (χ4n) is 4.39. The van der Waals surface area contributed by atoms with Crippen molar-refractivity contribution in [1.29, 1.82) is 0 Å². The van der Waals surface area contributed by atoms with Crippen LogP contribution >= 0.6 is 0 Å². The van der Waals surface area contributed by atoms with Gasteiger partial charge in [0.2, 0.25) is 0 Å². The maximum Gasteiger partial charge on any atom is 0.127 e. The molecule has 26 heavy (non-hydrogen) atoms. The van der Waals surface area contributed by atoms with Crippen LogP contribution in [0.2, 0.25) is 0 Å². The van der Waals surface area contributed by atoms with Crippen molar-refractivity contribution >= 4 is 5.82 Å². The lowest BCUT2D eigenvalue weighted by atomic mass is 9.79. The minimum atomic E-state index is 0.488. The lowest BCUT2D eigenvalue weighted by molar-refractivity contribution is 0.0457. The molecular weight excluding hydrogens is 326 g/mol. The lowest BCUT2D eigenvalue weighted by Gasteiger charge is -2.50. The molecule has 0 spiro atoms. The molecule has 3 saturated heterocycles. The molecule has 3 aliphatic rings. The van der Waals surface area contributed by atoms with Gasteiger partial charge in [-0.2, -0.15) is 0 Å². The summed E-state index contributed by atoms with van der Waals surface area (Å²) < 4.78 is 10.8. The summed E-state index contributed by atoms with van der Waals surface area (Å²) in [6.45, 7) is 4.82. The summed E-state index contributed by atoms with van der Waals surface area (Å²) in [7, 11) is 3.36. The number of nitrogens with one attached hydrogen (secondary N) is 1. The molecule has 5 nitrogen and oxygen atoms in total. The second-order valence-electron chi connectivity index (χ2n) is 7.28. The molecule has 1 aromatic heterocycles. The molecule has 0 aliphatic carbocycles. The zero-order chi connectivity index (χ0) is 18.1. The molecule has 0 radical (unpaired) electrons. The summed E-state index contributed by atoms with van der Waals surface area (Å²) in [5, 5.41) is 3.68. The number of anilines is 1. The molecule has 1 aromatic carbocycles. The van der Waals surface area contributed by atoms with E-state index in [0.29, 0.717) is 12.1 Å². The molecular formula is C21H27N3O2. The number of hydrogen-bond acceptors (Lipinski definition) is 5. The Morgan fingerprint density at radius 1 is 1.08 bits per heavy atom. The smallest absolute Gasteiger partial charge is 0.127 e. The Morgan fingerprint density at radius 2 is 1.88 bits per heavy atom. The SMILES string of the molecule is COc1ccc(OC)c(-c2ccc(NC3C4CCN(CC4)C3C)nc2)c1. The van der Waals surface area contributed by atoms with Crippen LogP contribution in [0.4, 0.5) is 5.82 Å². The zero-order valence-electron chi connectivity index (χ0n) is 15.7. The summed E-state index contributed by atoms with van der Waals surface area (Å²) in [4.78, 5) is 7.26. The molecule has 0 saturated carbocycles. The van der Waals surface area contributed by atoms with Crippen LogP contribution in [-0.4, -0.2) is 49.3 Å². The minimum Gasteiger partial charge on any atom is -0.497 e. The first-order valence-electron chi connectivity index (χ1n) is 9.38. The third kappa shape index (κ3) is 3.12. The van der Waals surface area contributed by atoms with E-state index >= 15 is 0 Å². The summed E-state index contributed by atoms with van der Waals surface area (Å²) >= 11 is 0. The highest BCUT2D eigenvalue weighted by atomic mass is 16.5.